The van der Waals surface area contributed by atoms with Crippen LogP contribution in [0.15, 0.2) is 12.4 Å². The summed E-state index contributed by atoms with van der Waals surface area (Å²) >= 11 is 0. The number of hydrogen-bond acceptors (Lipinski definition) is 3. The fraction of sp³-hybridized carbons (Fsp3) is 0.765. The highest BCUT2D eigenvalue weighted by Crippen LogP contribution is 2.41. The van der Waals surface area contributed by atoms with E-state index in [2.05, 4.69) is 19.4 Å². The Hall–Kier alpha value is -1.36. The molecule has 2 saturated heterocycles. The highest BCUT2D eigenvalue weighted by Gasteiger charge is 2.48. The van der Waals surface area contributed by atoms with Crippen LogP contribution in [0.4, 0.5) is 0 Å². The summed E-state index contributed by atoms with van der Waals surface area (Å²) in [6.07, 6.45) is 9.76. The smallest absolute Gasteiger partial charge is 0.230 e. The van der Waals surface area contributed by atoms with Crippen molar-refractivity contribution in [3.8, 4) is 0 Å². The molecule has 1 aromatic rings. The molecule has 1 spiro atoms. The second-order valence-corrected chi connectivity index (χ2v) is 7.49. The van der Waals surface area contributed by atoms with Crippen LogP contribution in [0.5, 0.6) is 0 Å². The molecule has 3 aliphatic rings. The van der Waals surface area contributed by atoms with Crippen molar-refractivity contribution in [2.75, 3.05) is 26.2 Å². The maximum atomic E-state index is 13.0. The molecule has 1 aliphatic carbocycles. The lowest BCUT2D eigenvalue weighted by atomic mass is 9.78. The van der Waals surface area contributed by atoms with Gasteiger partial charge in [-0.2, -0.15) is 0 Å². The lowest BCUT2D eigenvalue weighted by molar-refractivity contribution is -0.145. The van der Waals surface area contributed by atoms with Gasteiger partial charge in [-0.3, -0.25) is 9.69 Å². The quantitative estimate of drug-likeness (QED) is 0.849. The van der Waals surface area contributed by atoms with Crippen molar-refractivity contribution in [1.82, 2.24) is 19.4 Å². The van der Waals surface area contributed by atoms with E-state index >= 15 is 0 Å². The van der Waals surface area contributed by atoms with E-state index in [4.69, 9.17) is 0 Å². The van der Waals surface area contributed by atoms with Gasteiger partial charge in [0.05, 0.1) is 12.0 Å². The summed E-state index contributed by atoms with van der Waals surface area (Å²) < 4.78 is 2.08. The zero-order valence-corrected chi connectivity index (χ0v) is 13.5. The molecule has 1 saturated carbocycles. The van der Waals surface area contributed by atoms with Crippen LogP contribution in [0.2, 0.25) is 0 Å². The highest BCUT2D eigenvalue weighted by molar-refractivity contribution is 5.84. The minimum absolute atomic E-state index is 0.0989. The molecule has 1 atom stereocenters. The van der Waals surface area contributed by atoms with Crippen LogP contribution >= 0.6 is 0 Å². The first kappa shape index (κ1) is 14.2. The van der Waals surface area contributed by atoms with Crippen molar-refractivity contribution >= 4 is 5.91 Å². The van der Waals surface area contributed by atoms with Crippen LogP contribution in [-0.2, 0) is 18.4 Å². The zero-order valence-electron chi connectivity index (χ0n) is 13.5. The van der Waals surface area contributed by atoms with Crippen LogP contribution in [0, 0.1) is 11.3 Å². The Balaban J connectivity index is 1.43. The number of carbonyl (C=O) groups is 1. The fourth-order valence-corrected chi connectivity index (χ4v) is 4.16. The largest absolute Gasteiger partial charge is 0.342 e. The number of rotatable bonds is 4. The minimum atomic E-state index is -0.0989. The van der Waals surface area contributed by atoms with Crippen LogP contribution in [0.25, 0.3) is 0 Å². The zero-order chi connectivity index (χ0) is 15.2. The predicted octanol–water partition coefficient (Wildman–Crippen LogP) is 1.64. The number of amides is 1. The van der Waals surface area contributed by atoms with Gasteiger partial charge in [0, 0.05) is 39.1 Å². The molecule has 4 rings (SSSR count). The van der Waals surface area contributed by atoms with Crippen molar-refractivity contribution in [3.63, 3.8) is 0 Å². The molecule has 0 aromatic carbocycles. The van der Waals surface area contributed by atoms with E-state index in [9.17, 15) is 4.79 Å². The maximum absolute atomic E-state index is 13.0. The lowest BCUT2D eigenvalue weighted by Gasteiger charge is -2.39. The molecular formula is C17H26N4O. The topological polar surface area (TPSA) is 41.4 Å². The number of aromatic nitrogens is 2. The van der Waals surface area contributed by atoms with E-state index in [-0.39, 0.29) is 5.41 Å². The summed E-state index contributed by atoms with van der Waals surface area (Å²) in [6.45, 7) is 4.80. The van der Waals surface area contributed by atoms with Crippen molar-refractivity contribution in [2.45, 2.75) is 38.6 Å². The minimum Gasteiger partial charge on any atom is -0.342 e. The molecule has 1 amide bonds. The van der Waals surface area contributed by atoms with Crippen molar-refractivity contribution in [2.24, 2.45) is 18.4 Å². The molecular weight excluding hydrogens is 276 g/mol. The van der Waals surface area contributed by atoms with Crippen LogP contribution in [0.1, 0.15) is 37.9 Å². The lowest BCUT2D eigenvalue weighted by Crippen LogP contribution is -2.50. The van der Waals surface area contributed by atoms with Gasteiger partial charge in [-0.15, -0.1) is 0 Å². The predicted molar refractivity (Wildman–Crippen MR) is 84.1 cm³/mol. The SMILES string of the molecule is Cn1ccnc1CN1CC[C@]2(CCCN(CC3CC3)C2=O)C1. The van der Waals surface area contributed by atoms with Crippen molar-refractivity contribution in [1.29, 1.82) is 0 Å². The second kappa shape index (κ2) is 5.37. The molecule has 3 heterocycles. The van der Waals surface area contributed by atoms with Gasteiger partial charge in [0.2, 0.25) is 5.91 Å². The number of likely N-dealkylation sites (tertiary alicyclic amines) is 2. The summed E-state index contributed by atoms with van der Waals surface area (Å²) in [6, 6.07) is 0. The first-order valence-corrected chi connectivity index (χ1v) is 8.64. The first-order chi connectivity index (χ1) is 10.7. The summed E-state index contributed by atoms with van der Waals surface area (Å²) in [5, 5.41) is 0. The molecule has 5 heteroatoms. The van der Waals surface area contributed by atoms with Gasteiger partial charge in [-0.1, -0.05) is 0 Å². The van der Waals surface area contributed by atoms with E-state index in [1.54, 1.807) is 0 Å². The normalized spacial score (nSPS) is 29.7. The Morgan fingerprint density at radius 2 is 2.18 bits per heavy atom. The molecule has 120 valence electrons. The first-order valence-electron chi connectivity index (χ1n) is 8.64. The molecule has 0 unspecified atom stereocenters. The van der Waals surface area contributed by atoms with Gasteiger partial charge in [-0.05, 0) is 44.6 Å². The number of imidazole rings is 1. The summed E-state index contributed by atoms with van der Waals surface area (Å²) in [5.74, 6) is 2.33. The molecule has 0 bridgehead atoms. The highest BCUT2D eigenvalue weighted by atomic mass is 16.2. The van der Waals surface area contributed by atoms with E-state index < -0.39 is 0 Å². The number of piperidine rings is 1. The van der Waals surface area contributed by atoms with Crippen LogP contribution < -0.4 is 0 Å². The monoisotopic (exact) mass is 302 g/mol. The van der Waals surface area contributed by atoms with Crippen molar-refractivity contribution in [3.05, 3.63) is 18.2 Å². The van der Waals surface area contributed by atoms with Gasteiger partial charge in [-0.25, -0.2) is 4.98 Å². The summed E-state index contributed by atoms with van der Waals surface area (Å²) in [7, 11) is 2.04. The third-order valence-corrected chi connectivity index (χ3v) is 5.72. The Morgan fingerprint density at radius 1 is 1.32 bits per heavy atom. The second-order valence-electron chi connectivity index (χ2n) is 7.49. The molecule has 2 aliphatic heterocycles. The van der Waals surface area contributed by atoms with E-state index in [1.165, 1.54) is 19.3 Å². The Morgan fingerprint density at radius 3 is 2.91 bits per heavy atom. The fourth-order valence-electron chi connectivity index (χ4n) is 4.16. The summed E-state index contributed by atoms with van der Waals surface area (Å²) in [4.78, 5) is 22.0. The Bertz CT molecular complexity index is 565. The maximum Gasteiger partial charge on any atom is 0.230 e. The Kier molecular flexibility index (Phi) is 3.48. The molecule has 5 nitrogen and oxygen atoms in total. The van der Waals surface area contributed by atoms with Gasteiger partial charge < -0.3 is 9.47 Å². The van der Waals surface area contributed by atoms with E-state index in [1.807, 2.05) is 19.4 Å². The van der Waals surface area contributed by atoms with Gasteiger partial charge in [0.15, 0.2) is 0 Å². The molecule has 1 aromatic heterocycles. The molecule has 3 fully saturated rings. The summed E-state index contributed by atoms with van der Waals surface area (Å²) in [5.41, 5.74) is -0.0989. The van der Waals surface area contributed by atoms with E-state index in [0.29, 0.717) is 5.91 Å². The van der Waals surface area contributed by atoms with Crippen molar-refractivity contribution < 1.29 is 4.79 Å². The van der Waals surface area contributed by atoms with Gasteiger partial charge in [0.25, 0.3) is 0 Å². The third kappa shape index (κ3) is 2.56. The van der Waals surface area contributed by atoms with E-state index in [0.717, 1.165) is 57.3 Å². The number of carbonyl (C=O) groups excluding carboxylic acids is 1. The van der Waals surface area contributed by atoms with Crippen LogP contribution in [0.3, 0.4) is 0 Å². The molecule has 0 radical (unpaired) electrons. The molecule has 0 N–H and O–H groups in total. The number of nitrogens with zero attached hydrogens (tertiary/aromatic N) is 4. The number of hydrogen-bond donors (Lipinski definition) is 0. The number of aryl methyl sites for hydroxylation is 1. The van der Waals surface area contributed by atoms with Gasteiger partial charge in [0.1, 0.15) is 5.82 Å². The van der Waals surface area contributed by atoms with Crippen LogP contribution in [-0.4, -0.2) is 51.4 Å². The van der Waals surface area contributed by atoms with Gasteiger partial charge >= 0.3 is 0 Å². The Labute approximate surface area is 132 Å². The average Bonchev–Trinajstić information content (AvgIpc) is 3.10. The third-order valence-electron chi connectivity index (χ3n) is 5.72. The molecule has 22 heavy (non-hydrogen) atoms. The standard InChI is InChI=1S/C17H26N4O/c1-19-10-7-18-15(19)12-20-9-6-17(13-20)5-2-8-21(16(17)22)11-14-3-4-14/h7,10,14H,2-6,8-9,11-13H2,1H3/t17-/m1/s1. The average molecular weight is 302 g/mol.